The first-order chi connectivity index (χ1) is 8.83. The van der Waals surface area contributed by atoms with Crippen LogP contribution in [0.5, 0.6) is 0 Å². The van der Waals surface area contributed by atoms with Gasteiger partial charge in [-0.2, -0.15) is 0 Å². The van der Waals surface area contributed by atoms with Crippen molar-refractivity contribution >= 4 is 22.5 Å². The van der Waals surface area contributed by atoms with E-state index in [1.165, 1.54) is 10.9 Å². The summed E-state index contributed by atoms with van der Waals surface area (Å²) in [4.78, 5) is 4.33. The highest BCUT2D eigenvalue weighted by Crippen LogP contribution is 2.13. The van der Waals surface area contributed by atoms with E-state index >= 15 is 0 Å². The van der Waals surface area contributed by atoms with Crippen molar-refractivity contribution < 1.29 is 0 Å². The highest BCUT2D eigenvalue weighted by Gasteiger charge is 2.04. The van der Waals surface area contributed by atoms with E-state index in [0.29, 0.717) is 11.9 Å². The van der Waals surface area contributed by atoms with Gasteiger partial charge in [-0.25, -0.2) is 0 Å². The zero-order valence-electron chi connectivity index (χ0n) is 10.7. The van der Waals surface area contributed by atoms with Gasteiger partial charge in [0, 0.05) is 30.0 Å². The quantitative estimate of drug-likeness (QED) is 0.803. The van der Waals surface area contributed by atoms with Gasteiger partial charge in [0.25, 0.3) is 0 Å². The van der Waals surface area contributed by atoms with Gasteiger partial charge in [0.2, 0.25) is 0 Å². The molecule has 0 aliphatic carbocycles. The second-order valence-corrected chi connectivity index (χ2v) is 4.87. The molecular weight excluding hydrogens is 244 g/mol. The summed E-state index contributed by atoms with van der Waals surface area (Å²) in [7, 11) is 0. The predicted octanol–water partition coefficient (Wildman–Crippen LogP) is 3.73. The lowest BCUT2D eigenvalue weighted by atomic mass is 10.1. The number of hydrogen-bond acceptors (Lipinski definition) is 2. The van der Waals surface area contributed by atoms with E-state index in [2.05, 4.69) is 41.5 Å². The van der Waals surface area contributed by atoms with Crippen LogP contribution in [0.25, 0.3) is 10.9 Å². The SMILES string of the molecule is CCC(CCCl)NCc1ccc2ncccc2c1. The van der Waals surface area contributed by atoms with Crippen LogP contribution in [-0.4, -0.2) is 16.9 Å². The molecular formula is C15H19ClN2. The molecule has 3 heteroatoms. The maximum atomic E-state index is 5.79. The van der Waals surface area contributed by atoms with Crippen LogP contribution >= 0.6 is 11.6 Å². The molecule has 2 aromatic rings. The van der Waals surface area contributed by atoms with Crippen LogP contribution < -0.4 is 5.32 Å². The monoisotopic (exact) mass is 262 g/mol. The van der Waals surface area contributed by atoms with Crippen LogP contribution in [0.15, 0.2) is 36.5 Å². The Morgan fingerprint density at radius 1 is 1.33 bits per heavy atom. The lowest BCUT2D eigenvalue weighted by molar-refractivity contribution is 0.486. The zero-order chi connectivity index (χ0) is 12.8. The van der Waals surface area contributed by atoms with E-state index in [0.717, 1.165) is 24.9 Å². The highest BCUT2D eigenvalue weighted by molar-refractivity contribution is 6.17. The minimum Gasteiger partial charge on any atom is -0.310 e. The number of benzene rings is 1. The van der Waals surface area contributed by atoms with Crippen LogP contribution in [0.1, 0.15) is 25.3 Å². The number of rotatable bonds is 6. The van der Waals surface area contributed by atoms with Gasteiger partial charge in [0.15, 0.2) is 0 Å². The van der Waals surface area contributed by atoms with Crippen molar-refractivity contribution in [1.82, 2.24) is 10.3 Å². The van der Waals surface area contributed by atoms with Crippen molar-refractivity contribution in [2.24, 2.45) is 0 Å². The molecule has 18 heavy (non-hydrogen) atoms. The average molecular weight is 263 g/mol. The zero-order valence-corrected chi connectivity index (χ0v) is 11.5. The molecule has 0 spiro atoms. The molecule has 0 aliphatic heterocycles. The number of halogens is 1. The van der Waals surface area contributed by atoms with E-state index in [1.54, 1.807) is 0 Å². The molecule has 1 atom stereocenters. The van der Waals surface area contributed by atoms with Crippen LogP contribution in [0.3, 0.4) is 0 Å². The molecule has 1 unspecified atom stereocenters. The number of pyridine rings is 1. The molecule has 2 rings (SSSR count). The first kappa shape index (κ1) is 13.3. The third-order valence-electron chi connectivity index (χ3n) is 3.21. The second kappa shape index (κ2) is 6.72. The third kappa shape index (κ3) is 3.44. The summed E-state index contributed by atoms with van der Waals surface area (Å²) in [5.74, 6) is 0.715. The van der Waals surface area contributed by atoms with Crippen LogP contribution in [-0.2, 0) is 6.54 Å². The fourth-order valence-corrected chi connectivity index (χ4v) is 2.34. The van der Waals surface area contributed by atoms with Gasteiger partial charge in [-0.3, -0.25) is 4.98 Å². The summed E-state index contributed by atoms with van der Waals surface area (Å²) < 4.78 is 0. The van der Waals surface area contributed by atoms with E-state index in [9.17, 15) is 0 Å². The minimum atomic E-state index is 0.507. The van der Waals surface area contributed by atoms with E-state index in [-0.39, 0.29) is 0 Å². The minimum absolute atomic E-state index is 0.507. The van der Waals surface area contributed by atoms with Gasteiger partial charge in [0.05, 0.1) is 5.52 Å². The Morgan fingerprint density at radius 3 is 3.00 bits per heavy atom. The van der Waals surface area contributed by atoms with E-state index in [1.807, 2.05) is 12.3 Å². The number of alkyl halides is 1. The summed E-state index contributed by atoms with van der Waals surface area (Å²) in [5.41, 5.74) is 2.34. The molecule has 96 valence electrons. The Bertz CT molecular complexity index is 499. The Labute approximate surface area is 113 Å². The normalized spacial score (nSPS) is 12.8. The molecule has 0 fully saturated rings. The molecule has 0 radical (unpaired) electrons. The maximum absolute atomic E-state index is 5.79. The number of nitrogens with one attached hydrogen (secondary N) is 1. The third-order valence-corrected chi connectivity index (χ3v) is 3.43. The van der Waals surface area contributed by atoms with E-state index < -0.39 is 0 Å². The Kier molecular flexibility index (Phi) is 4.97. The first-order valence-corrected chi connectivity index (χ1v) is 7.00. The van der Waals surface area contributed by atoms with E-state index in [4.69, 9.17) is 11.6 Å². The Hall–Kier alpha value is -1.12. The summed E-state index contributed by atoms with van der Waals surface area (Å²) in [5, 5.41) is 4.74. The van der Waals surface area contributed by atoms with Gasteiger partial charge >= 0.3 is 0 Å². The van der Waals surface area contributed by atoms with Crippen molar-refractivity contribution in [2.45, 2.75) is 32.4 Å². The van der Waals surface area contributed by atoms with Gasteiger partial charge in [-0.05, 0) is 36.6 Å². The van der Waals surface area contributed by atoms with Crippen molar-refractivity contribution in [3.63, 3.8) is 0 Å². The largest absolute Gasteiger partial charge is 0.310 e. The van der Waals surface area contributed by atoms with Crippen molar-refractivity contribution in [3.05, 3.63) is 42.1 Å². The standard InChI is InChI=1S/C15H19ClN2/c1-2-14(7-8-16)18-11-12-5-6-15-13(10-12)4-3-9-17-15/h3-6,9-10,14,18H,2,7-8,11H2,1H3. The number of fused-ring (bicyclic) bond motifs is 1. The molecule has 1 N–H and O–H groups in total. The fourth-order valence-electron chi connectivity index (χ4n) is 2.08. The maximum Gasteiger partial charge on any atom is 0.0702 e. The van der Waals surface area contributed by atoms with Gasteiger partial charge < -0.3 is 5.32 Å². The number of aromatic nitrogens is 1. The number of nitrogens with zero attached hydrogens (tertiary/aromatic N) is 1. The summed E-state index contributed by atoms with van der Waals surface area (Å²) >= 11 is 5.79. The first-order valence-electron chi connectivity index (χ1n) is 6.46. The van der Waals surface area contributed by atoms with Crippen LogP contribution in [0.2, 0.25) is 0 Å². The fraction of sp³-hybridized carbons (Fsp3) is 0.400. The lowest BCUT2D eigenvalue weighted by Gasteiger charge is -2.15. The smallest absolute Gasteiger partial charge is 0.0702 e. The summed E-state index contributed by atoms with van der Waals surface area (Å²) in [6.07, 6.45) is 3.96. The summed E-state index contributed by atoms with van der Waals surface area (Å²) in [6, 6.07) is 11.0. The van der Waals surface area contributed by atoms with Gasteiger partial charge in [-0.1, -0.05) is 19.1 Å². The Morgan fingerprint density at radius 2 is 2.22 bits per heavy atom. The van der Waals surface area contributed by atoms with Crippen molar-refractivity contribution in [1.29, 1.82) is 0 Å². The topological polar surface area (TPSA) is 24.9 Å². The molecule has 0 amide bonds. The highest BCUT2D eigenvalue weighted by atomic mass is 35.5. The van der Waals surface area contributed by atoms with Gasteiger partial charge in [0.1, 0.15) is 0 Å². The van der Waals surface area contributed by atoms with Gasteiger partial charge in [-0.15, -0.1) is 11.6 Å². The van der Waals surface area contributed by atoms with Crippen LogP contribution in [0, 0.1) is 0 Å². The predicted molar refractivity (Wildman–Crippen MR) is 78.0 cm³/mol. The second-order valence-electron chi connectivity index (χ2n) is 4.49. The average Bonchev–Trinajstić information content (AvgIpc) is 2.43. The van der Waals surface area contributed by atoms with Crippen LogP contribution in [0.4, 0.5) is 0 Å². The lowest BCUT2D eigenvalue weighted by Crippen LogP contribution is -2.28. The number of hydrogen-bond donors (Lipinski definition) is 1. The molecule has 1 aromatic carbocycles. The molecule has 0 saturated heterocycles. The molecule has 2 nitrogen and oxygen atoms in total. The molecule has 0 bridgehead atoms. The molecule has 0 saturated carbocycles. The molecule has 0 aliphatic rings. The Balaban J connectivity index is 2.03. The molecule has 1 heterocycles. The molecule has 1 aromatic heterocycles. The van der Waals surface area contributed by atoms with Crippen molar-refractivity contribution in [2.75, 3.05) is 5.88 Å². The van der Waals surface area contributed by atoms with Crippen molar-refractivity contribution in [3.8, 4) is 0 Å². The summed E-state index contributed by atoms with van der Waals surface area (Å²) in [6.45, 7) is 3.08.